The van der Waals surface area contributed by atoms with Crippen molar-refractivity contribution < 1.29 is 0 Å². The van der Waals surface area contributed by atoms with Crippen LogP contribution in [0, 0.1) is 0 Å². The average molecular weight is 366 g/mol. The van der Waals surface area contributed by atoms with E-state index in [1.807, 2.05) is 24.5 Å². The van der Waals surface area contributed by atoms with Crippen molar-refractivity contribution >= 4 is 42.9 Å². The number of rotatable bonds is 2. The quantitative estimate of drug-likeness (QED) is 0.602. The van der Waals surface area contributed by atoms with Gasteiger partial charge in [0.2, 0.25) is 0 Å². The van der Waals surface area contributed by atoms with Crippen LogP contribution in [-0.4, -0.2) is 9.55 Å². The molecule has 18 heavy (non-hydrogen) atoms. The molecule has 1 heterocycles. The number of hydrogen-bond donors (Lipinski definition) is 0. The normalized spacial score (nSPS) is 11.0. The van der Waals surface area contributed by atoms with Gasteiger partial charge in [-0.2, -0.15) is 0 Å². The Bertz CT molecular complexity index is 704. The Morgan fingerprint density at radius 2 is 1.94 bits per heavy atom. The first kappa shape index (κ1) is 11.9. The van der Waals surface area contributed by atoms with E-state index in [1.165, 1.54) is 5.56 Å². The number of para-hydroxylation sites is 2. The zero-order valence-electron chi connectivity index (χ0n) is 9.48. The van der Waals surface area contributed by atoms with Crippen molar-refractivity contribution in [2.45, 2.75) is 5.33 Å². The predicted molar refractivity (Wildman–Crippen MR) is 81.4 cm³/mol. The fourth-order valence-corrected chi connectivity index (χ4v) is 2.90. The zero-order chi connectivity index (χ0) is 12.5. The maximum atomic E-state index is 4.43. The second-order valence-electron chi connectivity index (χ2n) is 4.01. The van der Waals surface area contributed by atoms with Crippen LogP contribution in [0.25, 0.3) is 16.7 Å². The summed E-state index contributed by atoms with van der Waals surface area (Å²) in [5.41, 5.74) is 4.53. The lowest BCUT2D eigenvalue weighted by Gasteiger charge is -2.09. The Hall–Kier alpha value is -1.13. The third kappa shape index (κ3) is 1.99. The zero-order valence-corrected chi connectivity index (χ0v) is 12.6. The molecule has 0 amide bonds. The topological polar surface area (TPSA) is 17.8 Å². The van der Waals surface area contributed by atoms with E-state index in [0.717, 1.165) is 26.5 Å². The highest BCUT2D eigenvalue weighted by Crippen LogP contribution is 2.25. The van der Waals surface area contributed by atoms with Gasteiger partial charge in [0.05, 0.1) is 16.7 Å². The van der Waals surface area contributed by atoms with Crippen LogP contribution in [0.5, 0.6) is 0 Å². The van der Waals surface area contributed by atoms with Gasteiger partial charge in [-0.3, -0.25) is 4.57 Å². The lowest BCUT2D eigenvalue weighted by molar-refractivity contribution is 1.07. The third-order valence-corrected chi connectivity index (χ3v) is 4.00. The molecule has 0 atom stereocenters. The number of halogens is 2. The Morgan fingerprint density at radius 3 is 2.78 bits per heavy atom. The summed E-state index contributed by atoms with van der Waals surface area (Å²) in [6.45, 7) is 0. The van der Waals surface area contributed by atoms with E-state index in [4.69, 9.17) is 0 Å². The second kappa shape index (κ2) is 4.86. The molecule has 2 aromatic carbocycles. The molecule has 0 saturated carbocycles. The second-order valence-corrected chi connectivity index (χ2v) is 5.49. The number of nitrogens with zero attached hydrogens (tertiary/aromatic N) is 2. The third-order valence-electron chi connectivity index (χ3n) is 2.90. The largest absolute Gasteiger partial charge is 0.299 e. The molecule has 3 rings (SSSR count). The molecule has 0 N–H and O–H groups in total. The summed E-state index contributed by atoms with van der Waals surface area (Å²) in [5, 5.41) is 0.814. The van der Waals surface area contributed by atoms with Crippen LogP contribution in [0.15, 0.2) is 53.3 Å². The summed E-state index contributed by atoms with van der Waals surface area (Å²) in [6.07, 6.45) is 1.88. The van der Waals surface area contributed by atoms with Gasteiger partial charge in [0, 0.05) is 9.80 Å². The van der Waals surface area contributed by atoms with E-state index in [1.54, 1.807) is 0 Å². The van der Waals surface area contributed by atoms with E-state index in [0.29, 0.717) is 0 Å². The number of hydrogen-bond acceptors (Lipinski definition) is 1. The van der Waals surface area contributed by atoms with Gasteiger partial charge in [-0.05, 0) is 35.9 Å². The van der Waals surface area contributed by atoms with Crippen LogP contribution in [-0.2, 0) is 5.33 Å². The van der Waals surface area contributed by atoms with Crippen molar-refractivity contribution in [2.24, 2.45) is 0 Å². The first-order valence-electron chi connectivity index (χ1n) is 5.56. The van der Waals surface area contributed by atoms with Crippen LogP contribution in [0.4, 0.5) is 0 Å². The number of aromatic nitrogens is 2. The fourth-order valence-electron chi connectivity index (χ4n) is 2.05. The van der Waals surface area contributed by atoms with Crippen LogP contribution < -0.4 is 0 Å². The lowest BCUT2D eigenvalue weighted by atomic mass is 10.2. The molecule has 3 aromatic rings. The molecule has 90 valence electrons. The Labute approximate surface area is 122 Å². The minimum Gasteiger partial charge on any atom is -0.299 e. The molecule has 0 saturated heterocycles. The summed E-state index contributed by atoms with van der Waals surface area (Å²) in [7, 11) is 0. The van der Waals surface area contributed by atoms with Gasteiger partial charge in [0.25, 0.3) is 0 Å². The number of benzene rings is 2. The van der Waals surface area contributed by atoms with Crippen LogP contribution >= 0.6 is 31.9 Å². The minimum atomic E-state index is 0.814. The average Bonchev–Trinajstić information content (AvgIpc) is 2.82. The van der Waals surface area contributed by atoms with Gasteiger partial charge >= 0.3 is 0 Å². The fraction of sp³-hybridized carbons (Fsp3) is 0.0714. The van der Waals surface area contributed by atoms with Crippen molar-refractivity contribution in [3.05, 3.63) is 58.8 Å². The number of imidazole rings is 1. The van der Waals surface area contributed by atoms with Crippen molar-refractivity contribution in [3.8, 4) is 5.69 Å². The smallest absolute Gasteiger partial charge is 0.100 e. The van der Waals surface area contributed by atoms with E-state index in [-0.39, 0.29) is 0 Å². The van der Waals surface area contributed by atoms with E-state index < -0.39 is 0 Å². The lowest BCUT2D eigenvalue weighted by Crippen LogP contribution is -1.96. The van der Waals surface area contributed by atoms with Gasteiger partial charge in [0.1, 0.15) is 6.33 Å². The predicted octanol–water partition coefficient (Wildman–Crippen LogP) is 4.68. The minimum absolute atomic E-state index is 0.814. The highest BCUT2D eigenvalue weighted by Gasteiger charge is 2.08. The molecule has 1 aromatic heterocycles. The first-order chi connectivity index (χ1) is 8.79. The molecule has 4 heteroatoms. The van der Waals surface area contributed by atoms with Gasteiger partial charge in [-0.25, -0.2) is 4.98 Å². The highest BCUT2D eigenvalue weighted by atomic mass is 79.9. The molecule has 0 radical (unpaired) electrons. The molecule has 0 bridgehead atoms. The standard InChI is InChI=1S/C14H10Br2N2/c15-8-10-7-11(16)5-6-13(10)18-9-17-12-3-1-2-4-14(12)18/h1-7,9H,8H2. The van der Waals surface area contributed by atoms with Gasteiger partial charge in [-0.15, -0.1) is 0 Å². The van der Waals surface area contributed by atoms with Crippen LogP contribution in [0.1, 0.15) is 5.56 Å². The summed E-state index contributed by atoms with van der Waals surface area (Å²) in [4.78, 5) is 4.43. The van der Waals surface area contributed by atoms with E-state index in [9.17, 15) is 0 Å². The Morgan fingerprint density at radius 1 is 1.11 bits per heavy atom. The molecule has 0 aliphatic carbocycles. The van der Waals surface area contributed by atoms with Crippen LogP contribution in [0.3, 0.4) is 0 Å². The SMILES string of the molecule is BrCc1cc(Br)ccc1-n1cnc2ccccc21. The Kier molecular flexibility index (Phi) is 3.22. The number of fused-ring (bicyclic) bond motifs is 1. The van der Waals surface area contributed by atoms with Gasteiger partial charge < -0.3 is 0 Å². The summed E-state index contributed by atoms with van der Waals surface area (Å²) < 4.78 is 3.21. The summed E-state index contributed by atoms with van der Waals surface area (Å²) >= 11 is 7.04. The van der Waals surface area contributed by atoms with Crippen molar-refractivity contribution in [1.29, 1.82) is 0 Å². The summed E-state index contributed by atoms with van der Waals surface area (Å²) in [5.74, 6) is 0. The molecule has 0 aliphatic heterocycles. The van der Waals surface area contributed by atoms with E-state index >= 15 is 0 Å². The Balaban J connectivity index is 2.26. The molecule has 0 aliphatic rings. The molecular formula is C14H10Br2N2. The van der Waals surface area contributed by atoms with Gasteiger partial charge in [0.15, 0.2) is 0 Å². The van der Waals surface area contributed by atoms with Gasteiger partial charge in [-0.1, -0.05) is 44.0 Å². The highest BCUT2D eigenvalue weighted by molar-refractivity contribution is 9.10. The molecule has 0 unspecified atom stereocenters. The van der Waals surface area contributed by atoms with Crippen molar-refractivity contribution in [3.63, 3.8) is 0 Å². The van der Waals surface area contributed by atoms with Crippen molar-refractivity contribution in [2.75, 3.05) is 0 Å². The number of alkyl halides is 1. The summed E-state index contributed by atoms with van der Waals surface area (Å²) in [6, 6.07) is 14.4. The monoisotopic (exact) mass is 364 g/mol. The van der Waals surface area contributed by atoms with Crippen LogP contribution in [0.2, 0.25) is 0 Å². The van der Waals surface area contributed by atoms with Crippen molar-refractivity contribution in [1.82, 2.24) is 9.55 Å². The first-order valence-corrected chi connectivity index (χ1v) is 7.48. The molecular weight excluding hydrogens is 356 g/mol. The molecule has 0 fully saturated rings. The molecule has 2 nitrogen and oxygen atoms in total. The molecule has 0 spiro atoms. The maximum Gasteiger partial charge on any atom is 0.100 e. The van der Waals surface area contributed by atoms with E-state index in [2.05, 4.69) is 65.7 Å². The maximum absolute atomic E-state index is 4.43.